The predicted octanol–water partition coefficient (Wildman–Crippen LogP) is 1.05. The highest BCUT2D eigenvalue weighted by Gasteiger charge is 2.26. The van der Waals surface area contributed by atoms with E-state index in [9.17, 15) is 4.39 Å². The zero-order valence-corrected chi connectivity index (χ0v) is 5.39. The normalized spacial score (nSPS) is 40.9. The number of hydrogen-bond acceptors (Lipinski definition) is 1. The molecule has 1 saturated heterocycles. The topological polar surface area (TPSA) is 3.24 Å². The van der Waals surface area contributed by atoms with Crippen molar-refractivity contribution in [2.45, 2.75) is 25.6 Å². The number of nitrogens with zero attached hydrogens (tertiary/aromatic N) is 1. The summed E-state index contributed by atoms with van der Waals surface area (Å²) in [6.07, 6.45) is 0.137. The number of rotatable bonds is 0. The van der Waals surface area contributed by atoms with Crippen LogP contribution in [0.4, 0.5) is 4.39 Å². The van der Waals surface area contributed by atoms with Gasteiger partial charge in [0, 0.05) is 12.6 Å². The first-order valence-corrected chi connectivity index (χ1v) is 3.06. The standard InChI is InChI=1S/C6H12FN/c1-5-6(7)3-4-8(5)2/h5-6H,3-4H2,1-2H3. The molecule has 1 nitrogen and oxygen atoms in total. The van der Waals surface area contributed by atoms with Crippen LogP contribution in [0.15, 0.2) is 0 Å². The Bertz CT molecular complexity index is 74.6. The Labute approximate surface area is 49.5 Å². The first-order chi connectivity index (χ1) is 3.72. The van der Waals surface area contributed by atoms with Crippen molar-refractivity contribution in [2.24, 2.45) is 0 Å². The van der Waals surface area contributed by atoms with E-state index in [0.717, 1.165) is 13.0 Å². The van der Waals surface area contributed by atoms with Gasteiger partial charge >= 0.3 is 0 Å². The highest BCUT2D eigenvalue weighted by molar-refractivity contribution is 4.80. The van der Waals surface area contributed by atoms with Crippen LogP contribution in [0.2, 0.25) is 0 Å². The van der Waals surface area contributed by atoms with E-state index in [1.807, 2.05) is 18.9 Å². The molecular formula is C6H12FN. The van der Waals surface area contributed by atoms with Crippen LogP contribution in [-0.4, -0.2) is 30.7 Å². The molecule has 1 fully saturated rings. The van der Waals surface area contributed by atoms with Crippen LogP contribution in [0, 0.1) is 0 Å². The highest BCUT2D eigenvalue weighted by Crippen LogP contribution is 2.17. The minimum absolute atomic E-state index is 0.148. The Kier molecular flexibility index (Phi) is 1.52. The van der Waals surface area contributed by atoms with Crippen LogP contribution < -0.4 is 0 Å². The molecule has 0 saturated carbocycles. The van der Waals surface area contributed by atoms with Gasteiger partial charge < -0.3 is 4.90 Å². The van der Waals surface area contributed by atoms with Crippen molar-refractivity contribution in [3.05, 3.63) is 0 Å². The molecule has 0 radical (unpaired) electrons. The molecule has 2 unspecified atom stereocenters. The Morgan fingerprint density at radius 1 is 1.62 bits per heavy atom. The van der Waals surface area contributed by atoms with Crippen molar-refractivity contribution >= 4 is 0 Å². The smallest absolute Gasteiger partial charge is 0.116 e. The van der Waals surface area contributed by atoms with Gasteiger partial charge in [-0.15, -0.1) is 0 Å². The number of halogens is 1. The maximum absolute atomic E-state index is 12.5. The third-order valence-corrected chi connectivity index (χ3v) is 1.98. The lowest BCUT2D eigenvalue weighted by molar-refractivity contribution is 0.239. The van der Waals surface area contributed by atoms with Gasteiger partial charge in [0.1, 0.15) is 6.17 Å². The summed E-state index contributed by atoms with van der Waals surface area (Å²) in [4.78, 5) is 2.05. The van der Waals surface area contributed by atoms with Gasteiger partial charge in [-0.1, -0.05) is 0 Å². The van der Waals surface area contributed by atoms with E-state index >= 15 is 0 Å². The third-order valence-electron chi connectivity index (χ3n) is 1.98. The third kappa shape index (κ3) is 0.848. The van der Waals surface area contributed by atoms with Crippen molar-refractivity contribution in [3.8, 4) is 0 Å². The number of alkyl halides is 1. The van der Waals surface area contributed by atoms with Gasteiger partial charge in [0.2, 0.25) is 0 Å². The van der Waals surface area contributed by atoms with E-state index in [1.54, 1.807) is 0 Å². The SMILES string of the molecule is CC1C(F)CCN1C. The lowest BCUT2D eigenvalue weighted by Crippen LogP contribution is -2.26. The molecule has 0 aromatic rings. The van der Waals surface area contributed by atoms with Gasteiger partial charge in [0.25, 0.3) is 0 Å². The van der Waals surface area contributed by atoms with Gasteiger partial charge in [-0.25, -0.2) is 4.39 Å². The lowest BCUT2D eigenvalue weighted by atomic mass is 10.2. The van der Waals surface area contributed by atoms with Crippen LogP contribution in [0.3, 0.4) is 0 Å². The van der Waals surface area contributed by atoms with Crippen LogP contribution in [0.1, 0.15) is 13.3 Å². The fraction of sp³-hybridized carbons (Fsp3) is 1.00. The van der Waals surface area contributed by atoms with E-state index in [1.165, 1.54) is 0 Å². The molecule has 0 amide bonds. The Balaban J connectivity index is 2.44. The quantitative estimate of drug-likeness (QED) is 0.458. The second-order valence-corrected chi connectivity index (χ2v) is 2.53. The molecule has 48 valence electrons. The van der Waals surface area contributed by atoms with E-state index in [2.05, 4.69) is 0 Å². The zero-order chi connectivity index (χ0) is 6.15. The molecule has 1 rings (SSSR count). The molecule has 2 heteroatoms. The van der Waals surface area contributed by atoms with Gasteiger partial charge in [0.15, 0.2) is 0 Å². The molecule has 0 aromatic carbocycles. The molecule has 8 heavy (non-hydrogen) atoms. The molecule has 0 aromatic heterocycles. The summed E-state index contributed by atoms with van der Waals surface area (Å²) in [5.41, 5.74) is 0. The average Bonchev–Trinajstić information content (AvgIpc) is 1.98. The van der Waals surface area contributed by atoms with Crippen molar-refractivity contribution in [3.63, 3.8) is 0 Å². The van der Waals surface area contributed by atoms with Gasteiger partial charge in [-0.2, -0.15) is 0 Å². The van der Waals surface area contributed by atoms with E-state index < -0.39 is 6.17 Å². The Hall–Kier alpha value is -0.110. The van der Waals surface area contributed by atoms with Crippen LogP contribution >= 0.6 is 0 Å². The maximum atomic E-state index is 12.5. The molecule has 1 aliphatic heterocycles. The molecule has 0 N–H and O–H groups in total. The fourth-order valence-corrected chi connectivity index (χ4v) is 1.05. The highest BCUT2D eigenvalue weighted by atomic mass is 19.1. The van der Waals surface area contributed by atoms with Crippen molar-refractivity contribution in [1.29, 1.82) is 0 Å². The molecule has 0 bridgehead atoms. The molecule has 0 spiro atoms. The second kappa shape index (κ2) is 2.02. The maximum Gasteiger partial charge on any atom is 0.116 e. The second-order valence-electron chi connectivity index (χ2n) is 2.53. The first-order valence-electron chi connectivity index (χ1n) is 3.06. The summed E-state index contributed by atoms with van der Waals surface area (Å²) < 4.78 is 12.5. The Morgan fingerprint density at radius 3 is 2.38 bits per heavy atom. The van der Waals surface area contributed by atoms with Crippen LogP contribution in [0.25, 0.3) is 0 Å². The zero-order valence-electron chi connectivity index (χ0n) is 5.39. The molecule has 0 aliphatic carbocycles. The van der Waals surface area contributed by atoms with Crippen LogP contribution in [-0.2, 0) is 0 Å². The average molecular weight is 117 g/mol. The largest absolute Gasteiger partial charge is 0.301 e. The van der Waals surface area contributed by atoms with Gasteiger partial charge in [0.05, 0.1) is 0 Å². The molecular weight excluding hydrogens is 105 g/mol. The monoisotopic (exact) mass is 117 g/mol. The number of hydrogen-bond donors (Lipinski definition) is 0. The van der Waals surface area contributed by atoms with Gasteiger partial charge in [-0.3, -0.25) is 0 Å². The molecule has 2 atom stereocenters. The molecule has 1 heterocycles. The summed E-state index contributed by atoms with van der Waals surface area (Å²) in [5, 5.41) is 0. The first kappa shape index (κ1) is 6.02. The van der Waals surface area contributed by atoms with E-state index in [4.69, 9.17) is 0 Å². The van der Waals surface area contributed by atoms with Crippen molar-refractivity contribution in [1.82, 2.24) is 4.90 Å². The van der Waals surface area contributed by atoms with E-state index in [0.29, 0.717) is 0 Å². The van der Waals surface area contributed by atoms with Crippen molar-refractivity contribution in [2.75, 3.05) is 13.6 Å². The van der Waals surface area contributed by atoms with Crippen LogP contribution in [0.5, 0.6) is 0 Å². The summed E-state index contributed by atoms with van der Waals surface area (Å²) in [7, 11) is 1.96. The number of likely N-dealkylation sites (tertiary alicyclic amines) is 1. The van der Waals surface area contributed by atoms with Crippen molar-refractivity contribution < 1.29 is 4.39 Å². The lowest BCUT2D eigenvalue weighted by Gasteiger charge is -2.14. The van der Waals surface area contributed by atoms with Gasteiger partial charge in [-0.05, 0) is 20.4 Å². The Morgan fingerprint density at radius 2 is 2.25 bits per heavy atom. The summed E-state index contributed by atoms with van der Waals surface area (Å²) >= 11 is 0. The predicted molar refractivity (Wildman–Crippen MR) is 31.6 cm³/mol. The summed E-state index contributed by atoms with van der Waals surface area (Å²) in [6, 6.07) is 0.148. The summed E-state index contributed by atoms with van der Waals surface area (Å²) in [5.74, 6) is 0. The van der Waals surface area contributed by atoms with E-state index in [-0.39, 0.29) is 6.04 Å². The minimum Gasteiger partial charge on any atom is -0.301 e. The molecule has 1 aliphatic rings. The summed E-state index contributed by atoms with van der Waals surface area (Å²) in [6.45, 7) is 2.85. The minimum atomic E-state index is -0.583. The fourth-order valence-electron chi connectivity index (χ4n) is 1.05.